The molecule has 0 N–H and O–H groups in total. The lowest BCUT2D eigenvalue weighted by atomic mass is 10.2. The van der Waals surface area contributed by atoms with Gasteiger partial charge in [0.05, 0.1) is 10.2 Å². The maximum absolute atomic E-state index is 13.8. The molecule has 0 aliphatic carbocycles. The van der Waals surface area contributed by atoms with Crippen LogP contribution in [0.15, 0.2) is 41.4 Å². The Morgan fingerprint density at radius 1 is 1.24 bits per heavy atom. The summed E-state index contributed by atoms with van der Waals surface area (Å²) < 4.78 is 30.6. The molecule has 3 aromatic rings. The maximum Gasteiger partial charge on any atom is 0.285 e. The second kappa shape index (κ2) is 7.49. The molecule has 0 aliphatic heterocycles. The number of halogens is 2. The quantitative estimate of drug-likeness (QED) is 0.675. The van der Waals surface area contributed by atoms with Crippen molar-refractivity contribution in [3.05, 3.63) is 64.0 Å². The van der Waals surface area contributed by atoms with Crippen molar-refractivity contribution < 1.29 is 13.6 Å². The zero-order valence-corrected chi connectivity index (χ0v) is 15.4. The highest BCUT2D eigenvalue weighted by atomic mass is 32.2. The number of nitrogens with zero attached hydrogens (tertiary/aromatic N) is 2. The van der Waals surface area contributed by atoms with Gasteiger partial charge in [-0.1, -0.05) is 23.5 Å². The number of fused-ring (bicyclic) bond motifs is 1. The Morgan fingerprint density at radius 3 is 2.64 bits per heavy atom. The van der Waals surface area contributed by atoms with Gasteiger partial charge in [-0.3, -0.25) is 4.79 Å². The molecule has 0 aliphatic rings. The predicted molar refractivity (Wildman–Crippen MR) is 99.2 cm³/mol. The number of benzene rings is 2. The smallest absolute Gasteiger partial charge is 0.285 e. The van der Waals surface area contributed by atoms with E-state index < -0.39 is 23.1 Å². The molecule has 0 saturated carbocycles. The minimum atomic E-state index is -0.906. The van der Waals surface area contributed by atoms with Crippen LogP contribution in [0.5, 0.6) is 0 Å². The summed E-state index contributed by atoms with van der Waals surface area (Å²) in [6.07, 6.45) is 2.00. The van der Waals surface area contributed by atoms with Crippen molar-refractivity contribution in [2.45, 2.75) is 13.5 Å². The van der Waals surface area contributed by atoms with Gasteiger partial charge in [-0.15, -0.1) is 0 Å². The summed E-state index contributed by atoms with van der Waals surface area (Å²) in [5.74, 6) is -1.87. The molecule has 3 rings (SSSR count). The molecular formula is C18H16F2N2OS2. The maximum atomic E-state index is 13.8. The molecule has 1 heterocycles. The van der Waals surface area contributed by atoms with E-state index in [2.05, 4.69) is 4.99 Å². The van der Waals surface area contributed by atoms with Crippen molar-refractivity contribution in [3.8, 4) is 0 Å². The topological polar surface area (TPSA) is 34.4 Å². The van der Waals surface area contributed by atoms with Crippen LogP contribution >= 0.6 is 23.1 Å². The SMILES string of the molecule is CSCCn1c(=NC(=O)c2c(F)cccc2F)sc2cc(C)ccc21. The first kappa shape index (κ1) is 17.8. The molecule has 0 radical (unpaired) electrons. The third-order valence-electron chi connectivity index (χ3n) is 3.73. The molecule has 1 aromatic heterocycles. The third-order valence-corrected chi connectivity index (χ3v) is 5.36. The van der Waals surface area contributed by atoms with E-state index in [1.807, 2.05) is 35.9 Å². The number of carbonyl (C=O) groups excluding carboxylic acids is 1. The highest BCUT2D eigenvalue weighted by Crippen LogP contribution is 2.20. The lowest BCUT2D eigenvalue weighted by molar-refractivity contribution is 0.0990. The summed E-state index contributed by atoms with van der Waals surface area (Å²) >= 11 is 3.02. The van der Waals surface area contributed by atoms with Crippen LogP contribution in [0.1, 0.15) is 15.9 Å². The Balaban J connectivity index is 2.16. The number of thioether (sulfide) groups is 1. The second-order valence-electron chi connectivity index (χ2n) is 5.51. The molecule has 25 heavy (non-hydrogen) atoms. The average Bonchev–Trinajstić information content (AvgIpc) is 2.88. The standard InChI is InChI=1S/C18H16F2N2OS2/c1-11-6-7-14-15(10-11)25-18(22(14)8-9-24-2)21-17(23)16-12(19)4-3-5-13(16)20/h3-7,10H,8-9H2,1-2H3. The Labute approximate surface area is 152 Å². The van der Waals surface area contributed by atoms with Crippen molar-refractivity contribution in [2.75, 3.05) is 12.0 Å². The normalized spacial score (nSPS) is 12.1. The Kier molecular flexibility index (Phi) is 5.34. The second-order valence-corrected chi connectivity index (χ2v) is 7.51. The van der Waals surface area contributed by atoms with E-state index in [0.29, 0.717) is 11.3 Å². The fraction of sp³-hybridized carbons (Fsp3) is 0.222. The fourth-order valence-electron chi connectivity index (χ4n) is 2.51. The zero-order chi connectivity index (χ0) is 18.0. The van der Waals surface area contributed by atoms with Gasteiger partial charge in [0.25, 0.3) is 5.91 Å². The average molecular weight is 378 g/mol. The molecule has 0 spiro atoms. The molecule has 3 nitrogen and oxygen atoms in total. The van der Waals surface area contributed by atoms with Crippen LogP contribution in [0.25, 0.3) is 10.2 Å². The Hall–Kier alpha value is -1.99. The summed E-state index contributed by atoms with van der Waals surface area (Å²) in [6.45, 7) is 2.65. The molecule has 1 amide bonds. The fourth-order valence-corrected chi connectivity index (χ4v) is 4.03. The minimum Gasteiger partial charge on any atom is -0.316 e. The van der Waals surface area contributed by atoms with Crippen LogP contribution in [0.3, 0.4) is 0 Å². The van der Waals surface area contributed by atoms with E-state index in [4.69, 9.17) is 0 Å². The van der Waals surface area contributed by atoms with Gasteiger partial charge < -0.3 is 4.57 Å². The number of amides is 1. The van der Waals surface area contributed by atoms with Crippen LogP contribution in [0.2, 0.25) is 0 Å². The summed E-state index contributed by atoms with van der Waals surface area (Å²) in [5.41, 5.74) is 1.45. The van der Waals surface area contributed by atoms with Crippen LogP contribution in [0.4, 0.5) is 8.78 Å². The molecule has 7 heteroatoms. The van der Waals surface area contributed by atoms with E-state index in [1.165, 1.54) is 17.4 Å². The minimum absolute atomic E-state index is 0.447. The van der Waals surface area contributed by atoms with Gasteiger partial charge in [0, 0.05) is 12.3 Å². The zero-order valence-electron chi connectivity index (χ0n) is 13.8. The van der Waals surface area contributed by atoms with Gasteiger partial charge in [0.1, 0.15) is 17.2 Å². The molecular weight excluding hydrogens is 362 g/mol. The van der Waals surface area contributed by atoms with E-state index in [0.717, 1.165) is 33.7 Å². The van der Waals surface area contributed by atoms with E-state index in [-0.39, 0.29) is 0 Å². The van der Waals surface area contributed by atoms with Gasteiger partial charge in [-0.2, -0.15) is 16.8 Å². The van der Waals surface area contributed by atoms with Gasteiger partial charge >= 0.3 is 0 Å². The van der Waals surface area contributed by atoms with E-state index in [1.54, 1.807) is 11.8 Å². The van der Waals surface area contributed by atoms with E-state index >= 15 is 0 Å². The van der Waals surface area contributed by atoms with Gasteiger partial charge in [0.2, 0.25) is 0 Å². The molecule has 0 fully saturated rings. The van der Waals surface area contributed by atoms with Gasteiger partial charge in [0.15, 0.2) is 4.80 Å². The van der Waals surface area contributed by atoms with Crippen LogP contribution < -0.4 is 4.80 Å². The van der Waals surface area contributed by atoms with Crippen LogP contribution in [0, 0.1) is 18.6 Å². The summed E-state index contributed by atoms with van der Waals surface area (Å²) in [6, 6.07) is 9.33. The molecule has 2 aromatic carbocycles. The highest BCUT2D eigenvalue weighted by molar-refractivity contribution is 7.98. The van der Waals surface area contributed by atoms with Gasteiger partial charge in [-0.25, -0.2) is 8.78 Å². The number of thiazole rings is 1. The number of hydrogen-bond donors (Lipinski definition) is 0. The third kappa shape index (κ3) is 3.67. The number of hydrogen-bond acceptors (Lipinski definition) is 3. The summed E-state index contributed by atoms with van der Waals surface area (Å²) in [4.78, 5) is 16.8. The molecule has 0 saturated heterocycles. The summed E-state index contributed by atoms with van der Waals surface area (Å²) in [7, 11) is 0. The lowest BCUT2D eigenvalue weighted by Crippen LogP contribution is -2.19. The first-order valence-corrected chi connectivity index (χ1v) is 9.84. The number of aromatic nitrogens is 1. The van der Waals surface area contributed by atoms with Gasteiger partial charge in [-0.05, 0) is 43.0 Å². The van der Waals surface area contributed by atoms with Crippen molar-refractivity contribution in [2.24, 2.45) is 4.99 Å². The van der Waals surface area contributed by atoms with Crippen molar-refractivity contribution in [3.63, 3.8) is 0 Å². The molecule has 0 bridgehead atoms. The lowest BCUT2D eigenvalue weighted by Gasteiger charge is -2.04. The first-order valence-electron chi connectivity index (χ1n) is 7.63. The largest absolute Gasteiger partial charge is 0.316 e. The monoisotopic (exact) mass is 378 g/mol. The highest BCUT2D eigenvalue weighted by Gasteiger charge is 2.17. The number of carbonyl (C=O) groups is 1. The van der Waals surface area contributed by atoms with Crippen molar-refractivity contribution >= 4 is 39.2 Å². The molecule has 130 valence electrons. The number of aryl methyl sites for hydroxylation is 2. The number of rotatable bonds is 4. The van der Waals surface area contributed by atoms with Crippen molar-refractivity contribution in [1.82, 2.24) is 4.57 Å². The Bertz CT molecular complexity index is 988. The van der Waals surface area contributed by atoms with Crippen molar-refractivity contribution in [1.29, 1.82) is 0 Å². The first-order chi connectivity index (χ1) is 12.0. The van der Waals surface area contributed by atoms with E-state index in [9.17, 15) is 13.6 Å². The van der Waals surface area contributed by atoms with Crippen LogP contribution in [-0.2, 0) is 6.54 Å². The predicted octanol–water partition coefficient (Wildman–Crippen LogP) is 4.39. The molecule has 0 unspecified atom stereocenters. The Morgan fingerprint density at radius 2 is 1.96 bits per heavy atom. The molecule has 0 atom stereocenters. The summed E-state index contributed by atoms with van der Waals surface area (Å²) in [5, 5.41) is 0. The van der Waals surface area contributed by atoms with Crippen LogP contribution in [-0.4, -0.2) is 22.5 Å².